The van der Waals surface area contributed by atoms with Crippen LogP contribution in [0.4, 0.5) is 0 Å². The second kappa shape index (κ2) is 5.29. The highest BCUT2D eigenvalue weighted by Crippen LogP contribution is 2.42. The lowest BCUT2D eigenvalue weighted by molar-refractivity contribution is -0.150. The second-order valence-electron chi connectivity index (χ2n) is 5.21. The standard InChI is InChI=1S/C15H15ClO4/c1-14(12(17)18)8-5-9-15(16,10-14)13(19)20-11-6-3-2-4-7-11/h2-7,9H,8,10H2,1H3,(H,17,18). The molecule has 5 heteroatoms. The first kappa shape index (κ1) is 14.6. The minimum Gasteiger partial charge on any atom is -0.481 e. The van der Waals surface area contributed by atoms with Crippen molar-refractivity contribution in [1.29, 1.82) is 0 Å². The maximum Gasteiger partial charge on any atom is 0.336 e. The number of hydrogen-bond acceptors (Lipinski definition) is 3. The average molecular weight is 295 g/mol. The first-order chi connectivity index (χ1) is 9.36. The largest absolute Gasteiger partial charge is 0.481 e. The fraction of sp³-hybridized carbons (Fsp3) is 0.333. The van der Waals surface area contributed by atoms with E-state index in [1.54, 1.807) is 43.3 Å². The normalized spacial score (nSPS) is 28.9. The number of alkyl halides is 1. The van der Waals surface area contributed by atoms with Gasteiger partial charge in [-0.05, 0) is 31.9 Å². The third kappa shape index (κ3) is 2.85. The fourth-order valence-corrected chi connectivity index (χ4v) is 2.61. The highest BCUT2D eigenvalue weighted by Gasteiger charge is 2.48. The number of benzene rings is 1. The number of carboxylic acid groups (broad SMARTS) is 1. The van der Waals surface area contributed by atoms with Crippen molar-refractivity contribution in [2.75, 3.05) is 0 Å². The van der Waals surface area contributed by atoms with Crippen LogP contribution in [0.15, 0.2) is 42.5 Å². The van der Waals surface area contributed by atoms with Crippen molar-refractivity contribution < 1.29 is 19.4 Å². The first-order valence-corrected chi connectivity index (χ1v) is 6.61. The predicted molar refractivity (Wildman–Crippen MR) is 74.8 cm³/mol. The zero-order valence-electron chi connectivity index (χ0n) is 11.0. The number of carbonyl (C=O) groups is 2. The Kier molecular flexibility index (Phi) is 3.86. The Morgan fingerprint density at radius 1 is 1.30 bits per heavy atom. The zero-order valence-corrected chi connectivity index (χ0v) is 11.8. The van der Waals surface area contributed by atoms with E-state index in [1.807, 2.05) is 0 Å². The zero-order chi connectivity index (χ0) is 14.8. The molecule has 2 rings (SSSR count). The lowest BCUT2D eigenvalue weighted by atomic mass is 9.74. The maximum absolute atomic E-state index is 12.2. The van der Waals surface area contributed by atoms with Gasteiger partial charge in [-0.2, -0.15) is 0 Å². The molecule has 0 aliphatic heterocycles. The molecule has 0 saturated heterocycles. The number of halogens is 1. The van der Waals surface area contributed by atoms with Gasteiger partial charge >= 0.3 is 11.9 Å². The van der Waals surface area contributed by atoms with Gasteiger partial charge in [-0.1, -0.05) is 30.4 Å². The molecule has 0 heterocycles. The van der Waals surface area contributed by atoms with E-state index in [1.165, 1.54) is 6.08 Å². The number of aliphatic carboxylic acids is 1. The summed E-state index contributed by atoms with van der Waals surface area (Å²) in [6, 6.07) is 8.56. The molecule has 106 valence electrons. The number of rotatable bonds is 3. The summed E-state index contributed by atoms with van der Waals surface area (Å²) in [5, 5.41) is 9.26. The Morgan fingerprint density at radius 2 is 1.95 bits per heavy atom. The van der Waals surface area contributed by atoms with E-state index in [4.69, 9.17) is 16.3 Å². The molecule has 1 aromatic carbocycles. The number of allylic oxidation sites excluding steroid dienone is 1. The maximum atomic E-state index is 12.2. The minimum atomic E-state index is -1.44. The van der Waals surface area contributed by atoms with E-state index in [-0.39, 0.29) is 6.42 Å². The van der Waals surface area contributed by atoms with E-state index >= 15 is 0 Å². The van der Waals surface area contributed by atoms with Gasteiger partial charge in [0, 0.05) is 0 Å². The molecule has 1 N–H and O–H groups in total. The van der Waals surface area contributed by atoms with Gasteiger partial charge in [-0.15, -0.1) is 11.6 Å². The van der Waals surface area contributed by atoms with Gasteiger partial charge in [0.2, 0.25) is 0 Å². The summed E-state index contributed by atoms with van der Waals surface area (Å²) in [5.74, 6) is -1.25. The molecular weight excluding hydrogens is 280 g/mol. The van der Waals surface area contributed by atoms with E-state index < -0.39 is 22.2 Å². The smallest absolute Gasteiger partial charge is 0.336 e. The average Bonchev–Trinajstić information content (AvgIpc) is 2.39. The van der Waals surface area contributed by atoms with Crippen LogP contribution in [0.2, 0.25) is 0 Å². The van der Waals surface area contributed by atoms with Gasteiger partial charge in [0.25, 0.3) is 0 Å². The van der Waals surface area contributed by atoms with E-state index in [0.717, 1.165) is 0 Å². The minimum absolute atomic E-state index is 0.000937. The van der Waals surface area contributed by atoms with Gasteiger partial charge in [0.15, 0.2) is 4.87 Å². The van der Waals surface area contributed by atoms with Crippen molar-refractivity contribution in [3.63, 3.8) is 0 Å². The number of hydrogen-bond donors (Lipinski definition) is 1. The van der Waals surface area contributed by atoms with Crippen molar-refractivity contribution in [3.8, 4) is 5.75 Å². The molecule has 0 fully saturated rings. The van der Waals surface area contributed by atoms with Crippen LogP contribution in [0, 0.1) is 5.41 Å². The molecule has 0 bridgehead atoms. The molecule has 2 atom stereocenters. The number of ether oxygens (including phenoxy) is 1. The Balaban J connectivity index is 2.18. The summed E-state index contributed by atoms with van der Waals surface area (Å²) >= 11 is 6.28. The second-order valence-corrected chi connectivity index (χ2v) is 5.89. The summed E-state index contributed by atoms with van der Waals surface area (Å²) in [4.78, 5) is 22.1. The highest BCUT2D eigenvalue weighted by molar-refractivity contribution is 6.36. The predicted octanol–water partition coefficient (Wildman–Crippen LogP) is 3.01. The molecule has 0 amide bonds. The van der Waals surface area contributed by atoms with Crippen LogP contribution in [0.25, 0.3) is 0 Å². The lowest BCUT2D eigenvalue weighted by Crippen LogP contribution is -2.44. The highest BCUT2D eigenvalue weighted by atomic mass is 35.5. The SMILES string of the molecule is CC1(C(=O)O)CC=CC(Cl)(C(=O)Oc2ccccc2)C1. The monoisotopic (exact) mass is 294 g/mol. The molecule has 2 unspecified atom stereocenters. The third-order valence-electron chi connectivity index (χ3n) is 3.41. The molecular formula is C15H15ClO4. The Bertz CT molecular complexity index is 554. The number of carboxylic acids is 1. The van der Waals surface area contributed by atoms with Gasteiger partial charge < -0.3 is 9.84 Å². The summed E-state index contributed by atoms with van der Waals surface area (Å²) in [7, 11) is 0. The Labute approximate surface area is 122 Å². The van der Waals surface area contributed by atoms with Gasteiger partial charge in [-0.25, -0.2) is 4.79 Å². The fourth-order valence-electron chi connectivity index (χ4n) is 2.19. The molecule has 1 aliphatic carbocycles. The molecule has 0 radical (unpaired) electrons. The summed E-state index contributed by atoms with van der Waals surface area (Å²) in [6.07, 6.45) is 3.48. The van der Waals surface area contributed by atoms with Crippen LogP contribution in [0.5, 0.6) is 5.75 Å². The molecule has 1 aliphatic rings. The Morgan fingerprint density at radius 3 is 2.55 bits per heavy atom. The van der Waals surface area contributed by atoms with Gasteiger partial charge in [0.1, 0.15) is 5.75 Å². The van der Waals surface area contributed by atoms with Gasteiger partial charge in [-0.3, -0.25) is 4.79 Å². The van der Waals surface area contributed by atoms with E-state index in [9.17, 15) is 14.7 Å². The summed E-state index contributed by atoms with van der Waals surface area (Å²) in [5.41, 5.74) is -1.06. The van der Waals surface area contributed by atoms with E-state index in [2.05, 4.69) is 0 Å². The van der Waals surface area contributed by atoms with Crippen molar-refractivity contribution >= 4 is 23.5 Å². The summed E-state index contributed by atoms with van der Waals surface area (Å²) < 4.78 is 5.21. The van der Waals surface area contributed by atoms with Crippen LogP contribution in [0.1, 0.15) is 19.8 Å². The molecule has 0 saturated carbocycles. The third-order valence-corrected chi connectivity index (χ3v) is 3.82. The first-order valence-electron chi connectivity index (χ1n) is 6.23. The van der Waals surface area contributed by atoms with Crippen molar-refractivity contribution in [2.45, 2.75) is 24.6 Å². The molecule has 1 aromatic rings. The molecule has 4 nitrogen and oxygen atoms in total. The van der Waals surface area contributed by atoms with Crippen LogP contribution in [-0.2, 0) is 9.59 Å². The lowest BCUT2D eigenvalue weighted by Gasteiger charge is -2.34. The van der Waals surface area contributed by atoms with Crippen LogP contribution in [0.3, 0.4) is 0 Å². The topological polar surface area (TPSA) is 63.6 Å². The van der Waals surface area contributed by atoms with Gasteiger partial charge in [0.05, 0.1) is 5.41 Å². The quantitative estimate of drug-likeness (QED) is 0.403. The van der Waals surface area contributed by atoms with Crippen molar-refractivity contribution in [2.24, 2.45) is 5.41 Å². The van der Waals surface area contributed by atoms with Crippen molar-refractivity contribution in [3.05, 3.63) is 42.5 Å². The molecule has 0 aromatic heterocycles. The number of carbonyl (C=O) groups excluding carboxylic acids is 1. The molecule has 0 spiro atoms. The van der Waals surface area contributed by atoms with Crippen LogP contribution >= 0.6 is 11.6 Å². The van der Waals surface area contributed by atoms with E-state index in [0.29, 0.717) is 12.2 Å². The number of esters is 1. The Hall–Kier alpha value is -1.81. The number of para-hydroxylation sites is 1. The van der Waals surface area contributed by atoms with Crippen molar-refractivity contribution in [1.82, 2.24) is 0 Å². The molecule has 20 heavy (non-hydrogen) atoms. The van der Waals surface area contributed by atoms with Crippen LogP contribution in [-0.4, -0.2) is 21.9 Å². The van der Waals surface area contributed by atoms with Crippen LogP contribution < -0.4 is 4.74 Å². The summed E-state index contributed by atoms with van der Waals surface area (Å²) in [6.45, 7) is 1.58.